The van der Waals surface area contributed by atoms with Gasteiger partial charge in [0.25, 0.3) is 0 Å². The van der Waals surface area contributed by atoms with Gasteiger partial charge in [-0.25, -0.2) is 4.68 Å². The first-order chi connectivity index (χ1) is 14.8. The number of aryl methyl sites for hydroxylation is 2. The van der Waals surface area contributed by atoms with Crippen LogP contribution >= 0.6 is 0 Å². The largest absolute Gasteiger partial charge is 0.416 e. The molecule has 0 unspecified atom stereocenters. The van der Waals surface area contributed by atoms with Crippen LogP contribution in [0.4, 0.5) is 13.2 Å². The van der Waals surface area contributed by atoms with Gasteiger partial charge in [-0.15, -0.1) is 0 Å². The number of aromatic nitrogens is 3. The van der Waals surface area contributed by atoms with Gasteiger partial charge < -0.3 is 0 Å². The highest BCUT2D eigenvalue weighted by Crippen LogP contribution is 2.36. The molecule has 154 valence electrons. The van der Waals surface area contributed by atoms with Gasteiger partial charge in [-0.2, -0.15) is 18.3 Å². The molecular weight excluding hydrogens is 399 g/mol. The summed E-state index contributed by atoms with van der Waals surface area (Å²) in [6.45, 7) is 4.01. The standard InChI is InChI=1S/C25H18F3N3/c1-15-3-7-17(8-4-15)23-21-14-29-22-13-18(25(26,27)28)9-12-20(22)24(21)31(30-23)19-10-5-16(2)6-11-19/h3-14H,1-2H3. The maximum atomic E-state index is 13.2. The number of pyridine rings is 1. The minimum atomic E-state index is -4.42. The third kappa shape index (κ3) is 3.34. The van der Waals surface area contributed by atoms with Gasteiger partial charge in [-0.1, -0.05) is 53.6 Å². The predicted octanol–water partition coefficient (Wildman–Crippen LogP) is 6.88. The molecule has 3 aromatic carbocycles. The lowest BCUT2D eigenvalue weighted by Crippen LogP contribution is -2.04. The molecule has 0 saturated heterocycles. The summed E-state index contributed by atoms with van der Waals surface area (Å²) in [6.07, 6.45) is -2.81. The minimum absolute atomic E-state index is 0.283. The summed E-state index contributed by atoms with van der Waals surface area (Å²) < 4.78 is 41.5. The Morgan fingerprint density at radius 3 is 2.06 bits per heavy atom. The molecule has 0 saturated carbocycles. The van der Waals surface area contributed by atoms with Gasteiger partial charge in [0.05, 0.1) is 22.3 Å². The molecule has 5 aromatic rings. The lowest BCUT2D eigenvalue weighted by Gasteiger charge is -2.09. The van der Waals surface area contributed by atoms with Crippen molar-refractivity contribution in [1.29, 1.82) is 0 Å². The van der Waals surface area contributed by atoms with E-state index in [-0.39, 0.29) is 5.52 Å². The Kier molecular flexibility index (Phi) is 4.32. The zero-order chi connectivity index (χ0) is 21.8. The molecule has 2 aromatic heterocycles. The average Bonchev–Trinajstić information content (AvgIpc) is 3.14. The van der Waals surface area contributed by atoms with Gasteiger partial charge in [0.15, 0.2) is 0 Å². The number of halogens is 3. The molecule has 0 radical (unpaired) electrons. The van der Waals surface area contributed by atoms with Crippen LogP contribution < -0.4 is 0 Å². The van der Waals surface area contributed by atoms with E-state index in [2.05, 4.69) is 4.98 Å². The number of hydrogen-bond acceptors (Lipinski definition) is 2. The Labute approximate surface area is 176 Å². The van der Waals surface area contributed by atoms with Gasteiger partial charge in [0.2, 0.25) is 0 Å². The summed E-state index contributed by atoms with van der Waals surface area (Å²) in [6, 6.07) is 19.6. The molecule has 3 nitrogen and oxygen atoms in total. The molecule has 0 aliphatic rings. The van der Waals surface area contributed by atoms with Crippen LogP contribution in [0.3, 0.4) is 0 Å². The molecule has 6 heteroatoms. The number of alkyl halides is 3. The maximum Gasteiger partial charge on any atom is 0.416 e. The van der Waals surface area contributed by atoms with Crippen molar-refractivity contribution < 1.29 is 13.2 Å². The summed E-state index contributed by atoms with van der Waals surface area (Å²) in [7, 11) is 0. The van der Waals surface area contributed by atoms with Crippen molar-refractivity contribution in [3.05, 3.63) is 89.6 Å². The molecule has 0 amide bonds. The molecule has 31 heavy (non-hydrogen) atoms. The SMILES string of the molecule is Cc1ccc(-c2nn(-c3ccc(C)cc3)c3c2cnc2cc(C(F)(F)F)ccc23)cc1. The fourth-order valence-electron chi connectivity index (χ4n) is 3.76. The summed E-state index contributed by atoms with van der Waals surface area (Å²) >= 11 is 0. The van der Waals surface area contributed by atoms with Crippen molar-refractivity contribution in [1.82, 2.24) is 14.8 Å². The van der Waals surface area contributed by atoms with Gasteiger partial charge in [-0.3, -0.25) is 4.98 Å². The second-order valence-electron chi connectivity index (χ2n) is 7.71. The van der Waals surface area contributed by atoms with Crippen LogP contribution in [0.1, 0.15) is 16.7 Å². The first-order valence-electron chi connectivity index (χ1n) is 9.84. The molecule has 0 fully saturated rings. The average molecular weight is 417 g/mol. The van der Waals surface area contributed by atoms with Crippen molar-refractivity contribution in [3.8, 4) is 16.9 Å². The Bertz CT molecular complexity index is 1410. The molecular formula is C25H18F3N3. The highest BCUT2D eigenvalue weighted by Gasteiger charge is 2.31. The first kappa shape index (κ1) is 19.3. The molecule has 5 rings (SSSR count). The van der Waals surface area contributed by atoms with E-state index in [9.17, 15) is 13.2 Å². The number of benzene rings is 3. The number of nitrogens with zero attached hydrogens (tertiary/aromatic N) is 3. The van der Waals surface area contributed by atoms with Crippen molar-refractivity contribution in [2.75, 3.05) is 0 Å². The van der Waals surface area contributed by atoms with Gasteiger partial charge >= 0.3 is 6.18 Å². The highest BCUT2D eigenvalue weighted by molar-refractivity contribution is 6.08. The lowest BCUT2D eigenvalue weighted by molar-refractivity contribution is -0.137. The summed E-state index contributed by atoms with van der Waals surface area (Å²) in [5.41, 5.74) is 5.05. The van der Waals surface area contributed by atoms with Crippen LogP contribution in [-0.4, -0.2) is 14.8 Å². The van der Waals surface area contributed by atoms with Gasteiger partial charge in [0, 0.05) is 22.5 Å². The van der Waals surface area contributed by atoms with Crippen molar-refractivity contribution in [2.24, 2.45) is 0 Å². The topological polar surface area (TPSA) is 30.7 Å². The molecule has 0 N–H and O–H groups in total. The van der Waals surface area contributed by atoms with Gasteiger partial charge in [0.1, 0.15) is 5.69 Å². The van der Waals surface area contributed by atoms with E-state index in [1.807, 2.05) is 62.4 Å². The zero-order valence-electron chi connectivity index (χ0n) is 16.9. The third-order valence-electron chi connectivity index (χ3n) is 5.44. The quantitative estimate of drug-likeness (QED) is 0.314. The second-order valence-corrected chi connectivity index (χ2v) is 7.71. The van der Waals surface area contributed by atoms with E-state index >= 15 is 0 Å². The fourth-order valence-corrected chi connectivity index (χ4v) is 3.76. The second kappa shape index (κ2) is 6.94. The van der Waals surface area contributed by atoms with Crippen LogP contribution in [-0.2, 0) is 6.18 Å². The van der Waals surface area contributed by atoms with Gasteiger partial charge in [-0.05, 0) is 38.1 Å². The smallest absolute Gasteiger partial charge is 0.255 e. The highest BCUT2D eigenvalue weighted by atomic mass is 19.4. The molecule has 0 atom stereocenters. The maximum absolute atomic E-state index is 13.2. The van der Waals surface area contributed by atoms with E-state index in [1.54, 1.807) is 10.9 Å². The normalized spacial score (nSPS) is 12.0. The molecule has 0 aliphatic carbocycles. The Balaban J connectivity index is 1.84. The number of fused-ring (bicyclic) bond motifs is 3. The van der Waals surface area contributed by atoms with Crippen LogP contribution in [0.5, 0.6) is 0 Å². The predicted molar refractivity (Wildman–Crippen MR) is 116 cm³/mol. The minimum Gasteiger partial charge on any atom is -0.255 e. The van der Waals surface area contributed by atoms with Crippen molar-refractivity contribution in [3.63, 3.8) is 0 Å². The van der Waals surface area contributed by atoms with E-state index in [0.717, 1.165) is 51.1 Å². The van der Waals surface area contributed by atoms with Crippen LogP contribution in [0.2, 0.25) is 0 Å². The summed E-state index contributed by atoms with van der Waals surface area (Å²) in [5, 5.41) is 6.28. The van der Waals surface area contributed by atoms with E-state index in [4.69, 9.17) is 5.10 Å². The Hall–Kier alpha value is -3.67. The van der Waals surface area contributed by atoms with Crippen LogP contribution in [0.15, 0.2) is 72.9 Å². The molecule has 0 aliphatic heterocycles. The fraction of sp³-hybridized carbons (Fsp3) is 0.120. The van der Waals surface area contributed by atoms with E-state index in [0.29, 0.717) is 5.39 Å². The third-order valence-corrected chi connectivity index (χ3v) is 5.44. The molecule has 0 bridgehead atoms. The molecule has 0 spiro atoms. The number of hydrogen-bond donors (Lipinski definition) is 0. The van der Waals surface area contributed by atoms with Crippen LogP contribution in [0.25, 0.3) is 38.8 Å². The van der Waals surface area contributed by atoms with E-state index in [1.165, 1.54) is 6.07 Å². The summed E-state index contributed by atoms with van der Waals surface area (Å²) in [4.78, 5) is 4.36. The zero-order valence-corrected chi connectivity index (χ0v) is 16.9. The Morgan fingerprint density at radius 2 is 1.42 bits per heavy atom. The van der Waals surface area contributed by atoms with Crippen LogP contribution in [0, 0.1) is 13.8 Å². The van der Waals surface area contributed by atoms with E-state index < -0.39 is 11.7 Å². The lowest BCUT2D eigenvalue weighted by atomic mass is 10.0. The monoisotopic (exact) mass is 417 g/mol. The number of rotatable bonds is 2. The first-order valence-corrected chi connectivity index (χ1v) is 9.84. The summed E-state index contributed by atoms with van der Waals surface area (Å²) in [5.74, 6) is 0. The van der Waals surface area contributed by atoms with Crippen molar-refractivity contribution in [2.45, 2.75) is 20.0 Å². The Morgan fingerprint density at radius 1 is 0.774 bits per heavy atom. The molecule has 2 heterocycles. The van der Waals surface area contributed by atoms with Crippen molar-refractivity contribution >= 4 is 21.8 Å².